The van der Waals surface area contributed by atoms with Crippen LogP contribution in [0.2, 0.25) is 0 Å². The first-order valence-corrected chi connectivity index (χ1v) is 12.7. The van der Waals surface area contributed by atoms with Crippen LogP contribution in [0.4, 0.5) is 0 Å². The van der Waals surface area contributed by atoms with Crippen molar-refractivity contribution >= 4 is 0 Å². The van der Waals surface area contributed by atoms with E-state index in [-0.39, 0.29) is 6.10 Å². The summed E-state index contributed by atoms with van der Waals surface area (Å²) in [7, 11) is 0. The van der Waals surface area contributed by atoms with E-state index < -0.39 is 0 Å². The highest BCUT2D eigenvalue weighted by molar-refractivity contribution is 5.25. The zero-order valence-electron chi connectivity index (χ0n) is 20.0. The topological polar surface area (TPSA) is 20.2 Å². The fourth-order valence-electron chi connectivity index (χ4n) is 8.39. The SMILES string of the molecule is C/C(=C/C[C@@H](C)[C@H]1CC[C@H]2[C@@H]3CC=C4C[C@@H](O)CC[C@]4(C)[C@H]3CC[C@]12C)C(C)C. The van der Waals surface area contributed by atoms with Crippen LogP contribution < -0.4 is 0 Å². The van der Waals surface area contributed by atoms with Crippen LogP contribution in [0.15, 0.2) is 23.3 Å². The van der Waals surface area contributed by atoms with Gasteiger partial charge in [-0.05, 0) is 111 Å². The maximum Gasteiger partial charge on any atom is 0.0577 e. The van der Waals surface area contributed by atoms with Crippen molar-refractivity contribution in [1.29, 1.82) is 0 Å². The van der Waals surface area contributed by atoms with Crippen molar-refractivity contribution in [3.8, 4) is 0 Å². The van der Waals surface area contributed by atoms with Gasteiger partial charge in [0.1, 0.15) is 0 Å². The molecule has 0 aromatic rings. The van der Waals surface area contributed by atoms with Gasteiger partial charge in [-0.2, -0.15) is 0 Å². The molecule has 0 radical (unpaired) electrons. The Kier molecular flexibility index (Phi) is 5.86. The number of hydrogen-bond donors (Lipinski definition) is 1. The molecule has 164 valence electrons. The van der Waals surface area contributed by atoms with E-state index in [0.29, 0.717) is 16.7 Å². The summed E-state index contributed by atoms with van der Waals surface area (Å²) in [6, 6.07) is 0. The third kappa shape index (κ3) is 3.58. The summed E-state index contributed by atoms with van der Waals surface area (Å²) in [6.07, 6.45) is 16.5. The van der Waals surface area contributed by atoms with Crippen molar-refractivity contribution in [1.82, 2.24) is 0 Å². The van der Waals surface area contributed by atoms with E-state index in [4.69, 9.17) is 0 Å². The first-order valence-electron chi connectivity index (χ1n) is 12.7. The average Bonchev–Trinajstić information content (AvgIpc) is 3.03. The van der Waals surface area contributed by atoms with E-state index in [1.807, 2.05) is 0 Å². The van der Waals surface area contributed by atoms with Gasteiger partial charge in [0.25, 0.3) is 0 Å². The molecule has 0 aromatic heterocycles. The lowest BCUT2D eigenvalue weighted by Crippen LogP contribution is -2.50. The Bertz CT molecular complexity index is 672. The minimum atomic E-state index is -0.0845. The Hall–Kier alpha value is -0.560. The molecule has 3 saturated carbocycles. The maximum absolute atomic E-state index is 10.2. The zero-order chi connectivity index (χ0) is 21.0. The summed E-state index contributed by atoms with van der Waals surface area (Å²) in [5.41, 5.74) is 4.11. The van der Waals surface area contributed by atoms with Crippen LogP contribution in [0.5, 0.6) is 0 Å². The van der Waals surface area contributed by atoms with Gasteiger partial charge in [-0.25, -0.2) is 0 Å². The number of aliphatic hydroxyl groups is 1. The molecule has 4 aliphatic rings. The quantitative estimate of drug-likeness (QED) is 0.484. The Balaban J connectivity index is 1.52. The normalized spacial score (nSPS) is 46.0. The number of allylic oxidation sites excluding steroid dienone is 3. The number of hydrogen-bond acceptors (Lipinski definition) is 1. The Morgan fingerprint density at radius 1 is 1.10 bits per heavy atom. The molecule has 0 saturated heterocycles. The zero-order valence-corrected chi connectivity index (χ0v) is 20.0. The van der Waals surface area contributed by atoms with Crippen LogP contribution in [0, 0.1) is 46.3 Å². The van der Waals surface area contributed by atoms with Gasteiger partial charge in [0.2, 0.25) is 0 Å². The first-order chi connectivity index (χ1) is 13.7. The van der Waals surface area contributed by atoms with Crippen molar-refractivity contribution in [2.24, 2.45) is 46.3 Å². The van der Waals surface area contributed by atoms with Crippen molar-refractivity contribution in [2.45, 2.75) is 105 Å². The van der Waals surface area contributed by atoms with Crippen LogP contribution in [0.1, 0.15) is 99.3 Å². The Morgan fingerprint density at radius 3 is 2.59 bits per heavy atom. The molecule has 0 heterocycles. The van der Waals surface area contributed by atoms with Crippen molar-refractivity contribution in [3.05, 3.63) is 23.3 Å². The largest absolute Gasteiger partial charge is 0.393 e. The molecule has 0 amide bonds. The molecule has 1 nitrogen and oxygen atoms in total. The molecule has 0 aliphatic heterocycles. The summed E-state index contributed by atoms with van der Waals surface area (Å²) in [4.78, 5) is 0. The highest BCUT2D eigenvalue weighted by Gasteiger charge is 2.59. The molecular weight excluding hydrogens is 352 g/mol. The smallest absolute Gasteiger partial charge is 0.0577 e. The molecule has 29 heavy (non-hydrogen) atoms. The van der Waals surface area contributed by atoms with Gasteiger partial charge >= 0.3 is 0 Å². The van der Waals surface area contributed by atoms with Crippen molar-refractivity contribution in [3.63, 3.8) is 0 Å². The standard InChI is InChI=1S/C28H46O/c1-18(2)19(3)7-8-20(4)24-11-12-25-23-10-9-21-17-22(29)13-15-27(21,5)26(23)14-16-28(24,25)6/h7,9,18,20,22-26,29H,8,10-17H2,1-6H3/b19-7-/t20-,22+,23+,24-,25+,26+,27+,28-/m1/s1. The maximum atomic E-state index is 10.2. The van der Waals surface area contributed by atoms with E-state index in [1.165, 1.54) is 44.9 Å². The van der Waals surface area contributed by atoms with Gasteiger partial charge in [-0.1, -0.05) is 57.9 Å². The lowest BCUT2D eigenvalue weighted by atomic mass is 9.47. The van der Waals surface area contributed by atoms with Gasteiger partial charge in [0.05, 0.1) is 6.10 Å². The second-order valence-corrected chi connectivity index (χ2v) is 12.2. The van der Waals surface area contributed by atoms with Gasteiger partial charge in [0, 0.05) is 0 Å². The Morgan fingerprint density at radius 2 is 1.86 bits per heavy atom. The third-order valence-electron chi connectivity index (χ3n) is 10.6. The van der Waals surface area contributed by atoms with E-state index in [9.17, 15) is 5.11 Å². The number of aliphatic hydroxyl groups excluding tert-OH is 1. The minimum absolute atomic E-state index is 0.0845. The second-order valence-electron chi connectivity index (χ2n) is 12.2. The number of fused-ring (bicyclic) bond motifs is 5. The van der Waals surface area contributed by atoms with Crippen LogP contribution in [-0.2, 0) is 0 Å². The molecular formula is C28H46O. The summed E-state index contributed by atoms with van der Waals surface area (Å²) in [6.45, 7) is 14.7. The highest BCUT2D eigenvalue weighted by atomic mass is 16.3. The fraction of sp³-hybridized carbons (Fsp3) is 0.857. The molecule has 0 bridgehead atoms. The monoisotopic (exact) mass is 398 g/mol. The molecule has 4 rings (SSSR count). The molecule has 8 atom stereocenters. The van der Waals surface area contributed by atoms with Crippen LogP contribution in [-0.4, -0.2) is 11.2 Å². The van der Waals surface area contributed by atoms with Gasteiger partial charge in [-0.3, -0.25) is 0 Å². The molecule has 3 fully saturated rings. The minimum Gasteiger partial charge on any atom is -0.393 e. The van der Waals surface area contributed by atoms with E-state index in [2.05, 4.69) is 53.7 Å². The van der Waals surface area contributed by atoms with Crippen molar-refractivity contribution in [2.75, 3.05) is 0 Å². The predicted octanol–water partition coefficient (Wildman–Crippen LogP) is 7.55. The summed E-state index contributed by atoms with van der Waals surface area (Å²) in [5.74, 6) is 5.07. The summed E-state index contributed by atoms with van der Waals surface area (Å²) in [5, 5.41) is 10.2. The van der Waals surface area contributed by atoms with Gasteiger partial charge in [0.15, 0.2) is 0 Å². The molecule has 0 unspecified atom stereocenters. The average molecular weight is 399 g/mol. The molecule has 4 aliphatic carbocycles. The lowest BCUT2D eigenvalue weighted by molar-refractivity contribution is -0.0565. The summed E-state index contributed by atoms with van der Waals surface area (Å²) >= 11 is 0. The van der Waals surface area contributed by atoms with E-state index in [1.54, 1.807) is 11.1 Å². The van der Waals surface area contributed by atoms with Crippen LogP contribution in [0.3, 0.4) is 0 Å². The third-order valence-corrected chi connectivity index (χ3v) is 10.6. The van der Waals surface area contributed by atoms with Gasteiger partial charge < -0.3 is 5.11 Å². The lowest BCUT2D eigenvalue weighted by Gasteiger charge is -2.58. The summed E-state index contributed by atoms with van der Waals surface area (Å²) < 4.78 is 0. The van der Waals surface area contributed by atoms with Crippen LogP contribution >= 0.6 is 0 Å². The van der Waals surface area contributed by atoms with Gasteiger partial charge in [-0.15, -0.1) is 0 Å². The molecule has 1 N–H and O–H groups in total. The molecule has 1 heteroatoms. The Labute approximate surface area is 180 Å². The highest BCUT2D eigenvalue weighted by Crippen LogP contribution is 2.67. The number of rotatable bonds is 4. The first kappa shape index (κ1) is 21.7. The van der Waals surface area contributed by atoms with Crippen LogP contribution in [0.25, 0.3) is 0 Å². The molecule has 0 aromatic carbocycles. The van der Waals surface area contributed by atoms with Crippen molar-refractivity contribution < 1.29 is 5.11 Å². The fourth-order valence-corrected chi connectivity index (χ4v) is 8.39. The van der Waals surface area contributed by atoms with E-state index >= 15 is 0 Å². The second kappa shape index (κ2) is 7.85. The van der Waals surface area contributed by atoms with E-state index in [0.717, 1.165) is 42.4 Å². The predicted molar refractivity (Wildman–Crippen MR) is 124 cm³/mol. The molecule has 0 spiro atoms.